The fraction of sp³-hybridized carbons (Fsp3) is 0.448. The van der Waals surface area contributed by atoms with E-state index in [2.05, 4.69) is 71.9 Å². The van der Waals surface area contributed by atoms with E-state index in [1.54, 1.807) is 0 Å². The average molecular weight is 419 g/mol. The first-order valence-electron chi connectivity index (χ1n) is 11.1. The molecule has 0 spiro atoms. The Balaban J connectivity index is 2.27. The van der Waals surface area contributed by atoms with Gasteiger partial charge in [-0.25, -0.2) is 0 Å². The van der Waals surface area contributed by atoms with E-state index >= 15 is 0 Å². The van der Waals surface area contributed by atoms with E-state index in [-0.39, 0.29) is 11.8 Å². The van der Waals surface area contributed by atoms with Gasteiger partial charge in [0, 0.05) is 22.4 Å². The third-order valence-corrected chi connectivity index (χ3v) is 7.54. The van der Waals surface area contributed by atoms with Crippen molar-refractivity contribution >= 4 is 11.6 Å². The molecule has 4 unspecified atom stereocenters. The minimum absolute atomic E-state index is 0.186. The molecular weight excluding hydrogens is 384 g/mol. The van der Waals surface area contributed by atoms with Gasteiger partial charge in [0.2, 0.25) is 0 Å². The van der Waals surface area contributed by atoms with Crippen molar-refractivity contribution in [3.63, 3.8) is 0 Å². The molecular formula is C29H35Cl. The van der Waals surface area contributed by atoms with Crippen molar-refractivity contribution in [1.29, 1.82) is 0 Å². The van der Waals surface area contributed by atoms with Crippen molar-refractivity contribution in [3.05, 3.63) is 80.9 Å². The normalized spacial score (nSPS) is 26.4. The summed E-state index contributed by atoms with van der Waals surface area (Å²) in [7, 11) is 0. The maximum Gasteiger partial charge on any atom is 0.0497 e. The second-order valence-corrected chi connectivity index (χ2v) is 9.97. The standard InChI is InChI=1S/C29H35Cl/c1-9-22-16-21(8)27(25-14-19(6)10-12-23(25)17(2)3)29(30)28(22)26-15-20(7)11-13-24(26)18(4)5/h1,14-16,23-26H,2,4,10-13H2,3,5-8H3. The van der Waals surface area contributed by atoms with Crippen LogP contribution in [0.5, 0.6) is 0 Å². The Hall–Kier alpha value is -1.97. The number of hydrogen-bond donors (Lipinski definition) is 0. The summed E-state index contributed by atoms with van der Waals surface area (Å²) < 4.78 is 0. The quantitative estimate of drug-likeness (QED) is 0.339. The minimum Gasteiger partial charge on any atom is -0.115 e. The minimum atomic E-state index is 0.186. The number of allylic oxidation sites excluding steroid dienone is 6. The van der Waals surface area contributed by atoms with Gasteiger partial charge in [0.25, 0.3) is 0 Å². The maximum atomic E-state index is 7.29. The Labute approximate surface area is 188 Å². The van der Waals surface area contributed by atoms with E-state index in [0.29, 0.717) is 11.8 Å². The Morgan fingerprint density at radius 3 is 1.83 bits per heavy atom. The van der Waals surface area contributed by atoms with Crippen molar-refractivity contribution in [2.75, 3.05) is 0 Å². The maximum absolute atomic E-state index is 7.29. The Kier molecular flexibility index (Phi) is 6.84. The van der Waals surface area contributed by atoms with Gasteiger partial charge >= 0.3 is 0 Å². The summed E-state index contributed by atoms with van der Waals surface area (Å²) in [5, 5.41) is 0.854. The highest BCUT2D eigenvalue weighted by Crippen LogP contribution is 2.49. The van der Waals surface area contributed by atoms with Crippen LogP contribution in [-0.2, 0) is 0 Å². The molecule has 0 bridgehead atoms. The predicted octanol–water partition coefficient (Wildman–Crippen LogP) is 8.66. The molecule has 4 atom stereocenters. The van der Waals surface area contributed by atoms with Gasteiger partial charge in [-0.1, -0.05) is 65.1 Å². The van der Waals surface area contributed by atoms with Crippen LogP contribution in [-0.4, -0.2) is 0 Å². The van der Waals surface area contributed by atoms with Crippen LogP contribution in [0.15, 0.2) is 53.7 Å². The van der Waals surface area contributed by atoms with Gasteiger partial charge in [-0.05, 0) is 94.9 Å². The molecule has 0 fully saturated rings. The Morgan fingerprint density at radius 1 is 0.933 bits per heavy atom. The number of aryl methyl sites for hydroxylation is 1. The van der Waals surface area contributed by atoms with E-state index in [1.165, 1.54) is 33.4 Å². The van der Waals surface area contributed by atoms with E-state index in [0.717, 1.165) is 41.8 Å². The molecule has 0 aliphatic heterocycles. The zero-order valence-electron chi connectivity index (χ0n) is 19.2. The van der Waals surface area contributed by atoms with Gasteiger partial charge in [0.1, 0.15) is 0 Å². The molecule has 0 saturated carbocycles. The zero-order valence-corrected chi connectivity index (χ0v) is 20.0. The van der Waals surface area contributed by atoms with Crippen molar-refractivity contribution < 1.29 is 0 Å². The third-order valence-electron chi connectivity index (χ3n) is 7.13. The Bertz CT molecular complexity index is 979. The molecule has 30 heavy (non-hydrogen) atoms. The molecule has 3 rings (SSSR count). The fourth-order valence-corrected chi connectivity index (χ4v) is 5.98. The molecule has 1 heteroatoms. The number of rotatable bonds is 4. The predicted molar refractivity (Wildman–Crippen MR) is 132 cm³/mol. The molecule has 0 N–H and O–H groups in total. The average Bonchev–Trinajstić information content (AvgIpc) is 2.67. The number of benzene rings is 1. The fourth-order valence-electron chi connectivity index (χ4n) is 5.48. The molecule has 2 aliphatic rings. The van der Waals surface area contributed by atoms with Crippen LogP contribution in [0.25, 0.3) is 0 Å². The lowest BCUT2D eigenvalue weighted by Crippen LogP contribution is -2.21. The number of halogens is 1. The van der Waals surface area contributed by atoms with Crippen molar-refractivity contribution in [2.24, 2.45) is 11.8 Å². The van der Waals surface area contributed by atoms with Crippen LogP contribution in [0.3, 0.4) is 0 Å². The van der Waals surface area contributed by atoms with Gasteiger partial charge in [-0.15, -0.1) is 6.42 Å². The van der Waals surface area contributed by atoms with Gasteiger partial charge in [-0.3, -0.25) is 0 Å². The smallest absolute Gasteiger partial charge is 0.0497 e. The molecule has 158 valence electrons. The second-order valence-electron chi connectivity index (χ2n) is 9.59. The lowest BCUT2D eigenvalue weighted by atomic mass is 9.69. The first-order chi connectivity index (χ1) is 14.1. The summed E-state index contributed by atoms with van der Waals surface area (Å²) in [5.74, 6) is 4.17. The first-order valence-corrected chi connectivity index (χ1v) is 11.5. The van der Waals surface area contributed by atoms with Crippen molar-refractivity contribution in [2.45, 2.75) is 72.1 Å². The topological polar surface area (TPSA) is 0 Å². The number of terminal acetylenes is 1. The largest absolute Gasteiger partial charge is 0.115 e. The van der Waals surface area contributed by atoms with Gasteiger partial charge in [-0.2, -0.15) is 0 Å². The number of hydrogen-bond acceptors (Lipinski definition) is 0. The third kappa shape index (κ3) is 4.24. The summed E-state index contributed by atoms with van der Waals surface area (Å²) in [6.45, 7) is 19.5. The van der Waals surface area contributed by atoms with Gasteiger partial charge < -0.3 is 0 Å². The van der Waals surface area contributed by atoms with E-state index in [9.17, 15) is 0 Å². The van der Waals surface area contributed by atoms with Crippen LogP contribution in [0.4, 0.5) is 0 Å². The van der Waals surface area contributed by atoms with E-state index in [4.69, 9.17) is 18.0 Å². The molecule has 0 radical (unpaired) electrons. The molecule has 1 aromatic rings. The van der Waals surface area contributed by atoms with Crippen LogP contribution < -0.4 is 0 Å². The SMILES string of the molecule is C#Cc1cc(C)c(C2C=C(C)CCC2C(=C)C)c(Cl)c1C1C=C(C)CCC1C(=C)C. The summed E-state index contributed by atoms with van der Waals surface area (Å²) in [5.41, 5.74) is 9.73. The highest BCUT2D eigenvalue weighted by atomic mass is 35.5. The summed E-state index contributed by atoms with van der Waals surface area (Å²) in [6.07, 6.45) is 15.3. The first kappa shape index (κ1) is 22.7. The van der Waals surface area contributed by atoms with Crippen LogP contribution >= 0.6 is 11.6 Å². The zero-order chi connectivity index (χ0) is 22.2. The second kappa shape index (κ2) is 9.03. The summed E-state index contributed by atoms with van der Waals surface area (Å²) >= 11 is 7.29. The lowest BCUT2D eigenvalue weighted by Gasteiger charge is -2.36. The molecule has 0 aromatic heterocycles. The molecule has 1 aromatic carbocycles. The van der Waals surface area contributed by atoms with Crippen LogP contribution in [0.1, 0.15) is 87.5 Å². The van der Waals surface area contributed by atoms with Crippen molar-refractivity contribution in [1.82, 2.24) is 0 Å². The van der Waals surface area contributed by atoms with Gasteiger partial charge in [0.05, 0.1) is 0 Å². The van der Waals surface area contributed by atoms with E-state index < -0.39 is 0 Å². The molecule has 0 saturated heterocycles. The summed E-state index contributed by atoms with van der Waals surface area (Å²) in [4.78, 5) is 0. The Morgan fingerprint density at radius 2 is 1.40 bits per heavy atom. The molecule has 0 amide bonds. The lowest BCUT2D eigenvalue weighted by molar-refractivity contribution is 0.474. The monoisotopic (exact) mass is 418 g/mol. The molecule has 2 aliphatic carbocycles. The summed E-state index contributed by atoms with van der Waals surface area (Å²) in [6, 6.07) is 2.18. The van der Waals surface area contributed by atoms with Gasteiger partial charge in [0.15, 0.2) is 0 Å². The molecule has 0 nitrogen and oxygen atoms in total. The highest BCUT2D eigenvalue weighted by Gasteiger charge is 2.34. The molecule has 0 heterocycles. The van der Waals surface area contributed by atoms with E-state index in [1.807, 2.05) is 0 Å². The van der Waals surface area contributed by atoms with Crippen molar-refractivity contribution in [3.8, 4) is 12.3 Å². The highest BCUT2D eigenvalue weighted by molar-refractivity contribution is 6.32. The van der Waals surface area contributed by atoms with Crippen LogP contribution in [0.2, 0.25) is 5.02 Å². The van der Waals surface area contributed by atoms with Crippen LogP contribution in [0, 0.1) is 31.1 Å².